The zero-order chi connectivity index (χ0) is 17.7. The van der Waals surface area contributed by atoms with Gasteiger partial charge >= 0.3 is 6.03 Å². The fraction of sp³-hybridized carbons (Fsp3) is 0.579. The molecular formula is C19H28N2O3. The molecule has 24 heavy (non-hydrogen) atoms. The molecule has 1 aromatic rings. The highest BCUT2D eigenvalue weighted by Gasteiger charge is 2.49. The van der Waals surface area contributed by atoms with Gasteiger partial charge in [-0.2, -0.15) is 0 Å². The Morgan fingerprint density at radius 3 is 2.21 bits per heavy atom. The average molecular weight is 332 g/mol. The van der Waals surface area contributed by atoms with E-state index in [0.29, 0.717) is 19.4 Å². The lowest BCUT2D eigenvalue weighted by molar-refractivity contribution is -0.132. The van der Waals surface area contributed by atoms with Crippen LogP contribution in [0, 0.1) is 13.8 Å². The molecule has 0 radical (unpaired) electrons. The Labute approximate surface area is 144 Å². The number of aryl methyl sites for hydroxylation is 2. The molecule has 2 rings (SSSR count). The molecule has 1 fully saturated rings. The summed E-state index contributed by atoms with van der Waals surface area (Å²) in [5.74, 6) is 0.722. The molecule has 1 saturated heterocycles. The number of carbonyl (C=O) groups is 2. The molecule has 1 N–H and O–H groups in total. The summed E-state index contributed by atoms with van der Waals surface area (Å²) < 4.78 is 5.84. The summed E-state index contributed by atoms with van der Waals surface area (Å²) in [5.41, 5.74) is 1.39. The molecule has 1 heterocycles. The Morgan fingerprint density at radius 2 is 1.67 bits per heavy atom. The lowest BCUT2D eigenvalue weighted by Gasteiger charge is -2.25. The van der Waals surface area contributed by atoms with Crippen molar-refractivity contribution in [2.45, 2.75) is 58.9 Å². The summed E-state index contributed by atoms with van der Waals surface area (Å²) in [4.78, 5) is 26.4. The minimum atomic E-state index is -0.723. The van der Waals surface area contributed by atoms with Crippen molar-refractivity contribution >= 4 is 11.9 Å². The Morgan fingerprint density at radius 1 is 1.08 bits per heavy atom. The van der Waals surface area contributed by atoms with Crippen molar-refractivity contribution in [3.05, 3.63) is 29.3 Å². The van der Waals surface area contributed by atoms with Crippen LogP contribution >= 0.6 is 0 Å². The lowest BCUT2D eigenvalue weighted by Crippen LogP contribution is -2.47. The summed E-state index contributed by atoms with van der Waals surface area (Å²) in [6, 6.07) is 5.67. The van der Waals surface area contributed by atoms with Crippen LogP contribution in [0.1, 0.15) is 50.7 Å². The quantitative estimate of drug-likeness (QED) is 0.740. The number of nitrogens with zero attached hydrogens (tertiary/aromatic N) is 1. The number of imide groups is 1. The van der Waals surface area contributed by atoms with Gasteiger partial charge in [0.25, 0.3) is 5.91 Å². The molecule has 132 valence electrons. The van der Waals surface area contributed by atoms with Gasteiger partial charge in [0, 0.05) is 0 Å². The molecule has 0 aromatic heterocycles. The standard InChI is InChI=1S/C19H28N2O3/c1-5-10-19(11-6-2)17(22)21(18(23)20-19)12-13-24-16-14(3)8-7-9-15(16)4/h7-9H,5-6,10-13H2,1-4H3,(H,20,23). The number of ether oxygens (including phenoxy) is 1. The molecule has 1 aromatic carbocycles. The van der Waals surface area contributed by atoms with Gasteiger partial charge < -0.3 is 10.1 Å². The van der Waals surface area contributed by atoms with Crippen LogP contribution < -0.4 is 10.1 Å². The predicted molar refractivity (Wildman–Crippen MR) is 94.2 cm³/mol. The largest absolute Gasteiger partial charge is 0.491 e. The smallest absolute Gasteiger partial charge is 0.325 e. The maximum absolute atomic E-state index is 12.8. The number of urea groups is 1. The van der Waals surface area contributed by atoms with E-state index in [9.17, 15) is 9.59 Å². The highest BCUT2D eigenvalue weighted by molar-refractivity contribution is 6.07. The molecule has 3 amide bonds. The molecule has 0 unspecified atom stereocenters. The Balaban J connectivity index is 2.02. The van der Waals surface area contributed by atoms with Crippen LogP contribution in [-0.2, 0) is 4.79 Å². The first-order valence-electron chi connectivity index (χ1n) is 8.78. The highest BCUT2D eigenvalue weighted by atomic mass is 16.5. The number of hydrogen-bond acceptors (Lipinski definition) is 3. The van der Waals surface area contributed by atoms with E-state index in [1.807, 2.05) is 45.9 Å². The summed E-state index contributed by atoms with van der Waals surface area (Å²) in [6.07, 6.45) is 3.08. The number of carbonyl (C=O) groups excluding carboxylic acids is 2. The van der Waals surface area contributed by atoms with Gasteiger partial charge in [0.2, 0.25) is 0 Å². The van der Waals surface area contributed by atoms with Crippen molar-refractivity contribution < 1.29 is 14.3 Å². The Bertz CT molecular complexity index is 586. The van der Waals surface area contributed by atoms with Gasteiger partial charge in [0.1, 0.15) is 17.9 Å². The van der Waals surface area contributed by atoms with Crippen molar-refractivity contribution in [2.24, 2.45) is 0 Å². The SMILES string of the molecule is CCCC1(CCC)NC(=O)N(CCOc2c(C)cccc2C)C1=O. The van der Waals surface area contributed by atoms with Crippen LogP contribution in [0.4, 0.5) is 4.79 Å². The summed E-state index contributed by atoms with van der Waals surface area (Å²) >= 11 is 0. The van der Waals surface area contributed by atoms with Crippen molar-refractivity contribution in [2.75, 3.05) is 13.2 Å². The molecule has 5 heteroatoms. The monoisotopic (exact) mass is 332 g/mol. The topological polar surface area (TPSA) is 58.6 Å². The van der Waals surface area contributed by atoms with E-state index in [4.69, 9.17) is 4.74 Å². The van der Waals surface area contributed by atoms with Gasteiger partial charge in [-0.3, -0.25) is 9.69 Å². The predicted octanol–water partition coefficient (Wildman–Crippen LogP) is 3.57. The van der Waals surface area contributed by atoms with Crippen LogP contribution in [0.25, 0.3) is 0 Å². The van der Waals surface area contributed by atoms with Gasteiger partial charge in [-0.05, 0) is 37.8 Å². The number of rotatable bonds is 8. The molecular weight excluding hydrogens is 304 g/mol. The molecule has 1 aliphatic rings. The van der Waals surface area contributed by atoms with Crippen LogP contribution in [0.5, 0.6) is 5.75 Å². The van der Waals surface area contributed by atoms with E-state index in [0.717, 1.165) is 29.7 Å². The molecule has 1 aliphatic heterocycles. The zero-order valence-electron chi connectivity index (χ0n) is 15.1. The number of nitrogens with one attached hydrogen (secondary N) is 1. The van der Waals surface area contributed by atoms with Crippen LogP contribution in [0.15, 0.2) is 18.2 Å². The molecule has 0 aliphatic carbocycles. The lowest BCUT2D eigenvalue weighted by atomic mass is 9.88. The van der Waals surface area contributed by atoms with Gasteiger partial charge in [-0.25, -0.2) is 4.79 Å². The van der Waals surface area contributed by atoms with Crippen LogP contribution in [0.2, 0.25) is 0 Å². The summed E-state index contributed by atoms with van der Waals surface area (Å²) in [5, 5.41) is 2.92. The highest BCUT2D eigenvalue weighted by Crippen LogP contribution is 2.28. The van der Waals surface area contributed by atoms with E-state index in [-0.39, 0.29) is 18.5 Å². The fourth-order valence-electron chi connectivity index (χ4n) is 3.46. The molecule has 0 spiro atoms. The third-order valence-corrected chi connectivity index (χ3v) is 4.57. The zero-order valence-corrected chi connectivity index (χ0v) is 15.1. The Hall–Kier alpha value is -2.04. The molecule has 0 saturated carbocycles. The second-order valence-corrected chi connectivity index (χ2v) is 6.54. The van der Waals surface area contributed by atoms with Crippen molar-refractivity contribution in [1.29, 1.82) is 0 Å². The fourth-order valence-corrected chi connectivity index (χ4v) is 3.46. The summed E-state index contributed by atoms with van der Waals surface area (Å²) in [7, 11) is 0. The number of hydrogen-bond donors (Lipinski definition) is 1. The first-order chi connectivity index (χ1) is 11.4. The van der Waals surface area contributed by atoms with Gasteiger partial charge in [0.15, 0.2) is 0 Å². The Kier molecular flexibility index (Phi) is 5.86. The van der Waals surface area contributed by atoms with E-state index in [2.05, 4.69) is 5.32 Å². The number of amides is 3. The number of para-hydroxylation sites is 1. The molecule has 0 bridgehead atoms. The normalized spacial score (nSPS) is 16.4. The van der Waals surface area contributed by atoms with E-state index < -0.39 is 5.54 Å². The van der Waals surface area contributed by atoms with Crippen molar-refractivity contribution in [1.82, 2.24) is 10.2 Å². The van der Waals surface area contributed by atoms with E-state index in [1.54, 1.807) is 0 Å². The summed E-state index contributed by atoms with van der Waals surface area (Å²) in [6.45, 7) is 8.62. The maximum atomic E-state index is 12.8. The molecule has 0 atom stereocenters. The van der Waals surface area contributed by atoms with E-state index in [1.165, 1.54) is 4.90 Å². The second kappa shape index (κ2) is 7.69. The first kappa shape index (κ1) is 18.3. The van der Waals surface area contributed by atoms with Crippen molar-refractivity contribution in [3.63, 3.8) is 0 Å². The minimum absolute atomic E-state index is 0.110. The van der Waals surface area contributed by atoms with Crippen LogP contribution in [0.3, 0.4) is 0 Å². The third-order valence-electron chi connectivity index (χ3n) is 4.57. The minimum Gasteiger partial charge on any atom is -0.491 e. The maximum Gasteiger partial charge on any atom is 0.325 e. The van der Waals surface area contributed by atoms with E-state index >= 15 is 0 Å². The van der Waals surface area contributed by atoms with Crippen molar-refractivity contribution in [3.8, 4) is 5.75 Å². The molecule has 5 nitrogen and oxygen atoms in total. The number of benzene rings is 1. The van der Waals surface area contributed by atoms with Gasteiger partial charge in [0.05, 0.1) is 6.54 Å². The second-order valence-electron chi connectivity index (χ2n) is 6.54. The first-order valence-corrected chi connectivity index (χ1v) is 8.78. The third kappa shape index (κ3) is 3.55. The average Bonchev–Trinajstić information content (AvgIpc) is 2.75. The van der Waals surface area contributed by atoms with Gasteiger partial charge in [-0.1, -0.05) is 44.9 Å². The van der Waals surface area contributed by atoms with Crippen LogP contribution in [-0.4, -0.2) is 35.5 Å². The van der Waals surface area contributed by atoms with Gasteiger partial charge in [-0.15, -0.1) is 0 Å².